The molecule has 0 aliphatic carbocycles. The molecular weight excluding hydrogens is 284 g/mol. The quantitative estimate of drug-likeness (QED) is 0.341. The Labute approximate surface area is 118 Å². The number of aliphatic carboxylic acids is 1. The lowest BCUT2D eigenvalue weighted by atomic mass is 10.1. The van der Waals surface area contributed by atoms with Crippen molar-refractivity contribution in [3.05, 3.63) is 51.0 Å². The van der Waals surface area contributed by atoms with Crippen LogP contribution in [0.4, 0.5) is 5.69 Å². The molecule has 0 saturated carbocycles. The third-order valence-electron chi connectivity index (χ3n) is 2.24. The zero-order valence-corrected chi connectivity index (χ0v) is 11.3. The Balaban J connectivity index is 2.90. The maximum Gasteiger partial charge on any atom is 0.322 e. The van der Waals surface area contributed by atoms with Crippen LogP contribution in [0.15, 0.2) is 35.4 Å². The molecule has 0 heterocycles. The monoisotopic (exact) mass is 296 g/mol. The molecule has 0 radical (unpaired) electrons. The lowest BCUT2D eigenvalue weighted by Gasteiger charge is -2.05. The van der Waals surface area contributed by atoms with E-state index in [9.17, 15) is 19.7 Å². The molecule has 0 spiro atoms. The Bertz CT molecular complexity index is 571. The Morgan fingerprint density at radius 2 is 2.20 bits per heavy atom. The topological polar surface area (TPSA) is 110 Å². The molecule has 0 aliphatic rings. The van der Waals surface area contributed by atoms with Gasteiger partial charge in [-0.2, -0.15) is 0 Å². The van der Waals surface area contributed by atoms with Crippen LogP contribution in [-0.4, -0.2) is 34.6 Å². The fourth-order valence-corrected chi connectivity index (χ4v) is 1.76. The van der Waals surface area contributed by atoms with Crippen molar-refractivity contribution in [2.75, 3.05) is 12.8 Å². The maximum atomic E-state index is 11.9. The highest BCUT2D eigenvalue weighted by Crippen LogP contribution is 2.15. The summed E-state index contributed by atoms with van der Waals surface area (Å²) in [6.07, 6.45) is 2.90. The third kappa shape index (κ3) is 4.73. The molecule has 2 N–H and O–H groups in total. The third-order valence-corrected chi connectivity index (χ3v) is 2.94. The first kappa shape index (κ1) is 15.7. The van der Waals surface area contributed by atoms with E-state index in [0.717, 1.165) is 0 Å². The summed E-state index contributed by atoms with van der Waals surface area (Å²) in [5.41, 5.74) is -0.00341. The highest BCUT2D eigenvalue weighted by Gasteiger charge is 2.11. The number of carboxylic acid groups (broad SMARTS) is 1. The van der Waals surface area contributed by atoms with E-state index in [0.29, 0.717) is 5.03 Å². The minimum absolute atomic E-state index is 0.169. The van der Waals surface area contributed by atoms with Crippen molar-refractivity contribution < 1.29 is 19.6 Å². The summed E-state index contributed by atoms with van der Waals surface area (Å²) in [4.78, 5) is 32.4. The molecule has 1 aromatic carbocycles. The van der Waals surface area contributed by atoms with Gasteiger partial charge in [0.1, 0.15) is 6.54 Å². The molecule has 0 unspecified atom stereocenters. The minimum Gasteiger partial charge on any atom is -0.480 e. The molecule has 0 amide bonds. The largest absolute Gasteiger partial charge is 0.480 e. The van der Waals surface area contributed by atoms with Crippen LogP contribution in [-0.2, 0) is 4.79 Å². The summed E-state index contributed by atoms with van der Waals surface area (Å²) in [6.45, 7) is -0.311. The SMILES string of the molecule is CS/C(=C\C(=O)c1cccc([N+](=O)[O-])c1)NCC(=O)O. The van der Waals surface area contributed by atoms with E-state index in [4.69, 9.17) is 5.11 Å². The average molecular weight is 296 g/mol. The van der Waals surface area contributed by atoms with E-state index in [1.165, 1.54) is 42.1 Å². The van der Waals surface area contributed by atoms with Gasteiger partial charge in [-0.1, -0.05) is 12.1 Å². The molecule has 7 nitrogen and oxygen atoms in total. The second kappa shape index (κ2) is 7.29. The van der Waals surface area contributed by atoms with Crippen LogP contribution in [0.1, 0.15) is 10.4 Å². The van der Waals surface area contributed by atoms with Crippen molar-refractivity contribution in [3.8, 4) is 0 Å². The molecule has 0 bridgehead atoms. The fraction of sp³-hybridized carbons (Fsp3) is 0.167. The molecular formula is C12H12N2O5S. The molecule has 0 atom stereocenters. The van der Waals surface area contributed by atoms with Gasteiger partial charge in [-0.25, -0.2) is 0 Å². The predicted molar refractivity (Wildman–Crippen MR) is 74.7 cm³/mol. The fourth-order valence-electron chi connectivity index (χ4n) is 1.32. The number of hydrogen-bond acceptors (Lipinski definition) is 6. The number of carbonyl (C=O) groups excluding carboxylic acids is 1. The average Bonchev–Trinajstić information content (AvgIpc) is 2.43. The maximum absolute atomic E-state index is 11.9. The van der Waals surface area contributed by atoms with Gasteiger partial charge in [-0.15, -0.1) is 11.8 Å². The number of benzene rings is 1. The van der Waals surface area contributed by atoms with Crippen LogP contribution in [0.25, 0.3) is 0 Å². The van der Waals surface area contributed by atoms with Gasteiger partial charge in [-0.3, -0.25) is 19.7 Å². The first-order valence-electron chi connectivity index (χ1n) is 5.44. The zero-order chi connectivity index (χ0) is 15.1. The zero-order valence-electron chi connectivity index (χ0n) is 10.5. The van der Waals surface area contributed by atoms with E-state index < -0.39 is 16.7 Å². The number of hydrogen-bond donors (Lipinski definition) is 2. The first-order chi connectivity index (χ1) is 9.43. The lowest BCUT2D eigenvalue weighted by molar-refractivity contribution is -0.384. The number of nitrogens with zero attached hydrogens (tertiary/aromatic N) is 1. The molecule has 1 aromatic rings. The van der Waals surface area contributed by atoms with Crippen molar-refractivity contribution in [3.63, 3.8) is 0 Å². The number of nitro benzene ring substituents is 1. The van der Waals surface area contributed by atoms with E-state index in [1.807, 2.05) is 0 Å². The van der Waals surface area contributed by atoms with Crippen LogP contribution in [0.2, 0.25) is 0 Å². The van der Waals surface area contributed by atoms with Crippen LogP contribution < -0.4 is 5.32 Å². The van der Waals surface area contributed by atoms with Gasteiger partial charge in [-0.05, 0) is 6.26 Å². The Hall–Kier alpha value is -2.35. The van der Waals surface area contributed by atoms with Crippen molar-refractivity contribution in [2.45, 2.75) is 0 Å². The minimum atomic E-state index is -1.05. The molecule has 20 heavy (non-hydrogen) atoms. The summed E-state index contributed by atoms with van der Waals surface area (Å²) >= 11 is 1.18. The summed E-state index contributed by atoms with van der Waals surface area (Å²) in [6, 6.07) is 5.34. The number of allylic oxidation sites excluding steroid dienone is 1. The van der Waals surface area contributed by atoms with Crippen LogP contribution in [0.3, 0.4) is 0 Å². The van der Waals surface area contributed by atoms with Crippen LogP contribution >= 0.6 is 11.8 Å². The number of nitrogens with one attached hydrogen (secondary N) is 1. The highest BCUT2D eigenvalue weighted by molar-refractivity contribution is 8.02. The van der Waals surface area contributed by atoms with E-state index >= 15 is 0 Å². The van der Waals surface area contributed by atoms with Gasteiger partial charge in [0.25, 0.3) is 5.69 Å². The standard InChI is InChI=1S/C12H12N2O5S/c1-20-11(13-7-12(16)17)6-10(15)8-3-2-4-9(5-8)14(18)19/h2-6,13H,7H2,1H3,(H,16,17)/b11-6-. The highest BCUT2D eigenvalue weighted by atomic mass is 32.2. The Morgan fingerprint density at radius 1 is 1.50 bits per heavy atom. The van der Waals surface area contributed by atoms with Gasteiger partial charge in [0.2, 0.25) is 0 Å². The number of carboxylic acids is 1. The number of nitro groups is 1. The number of non-ortho nitro benzene ring substituents is 1. The second-order valence-electron chi connectivity index (χ2n) is 3.63. The van der Waals surface area contributed by atoms with Gasteiger partial charge in [0.05, 0.1) is 9.95 Å². The Kier molecular flexibility index (Phi) is 5.73. The molecule has 8 heteroatoms. The first-order valence-corrected chi connectivity index (χ1v) is 6.66. The lowest BCUT2D eigenvalue weighted by Crippen LogP contribution is -2.21. The van der Waals surface area contributed by atoms with Crippen molar-refractivity contribution >= 4 is 29.2 Å². The number of carbonyl (C=O) groups is 2. The summed E-state index contributed by atoms with van der Waals surface area (Å²) in [7, 11) is 0. The number of thioether (sulfide) groups is 1. The molecule has 0 aromatic heterocycles. The summed E-state index contributed by atoms with van der Waals surface area (Å²) < 4.78 is 0. The smallest absolute Gasteiger partial charge is 0.322 e. The van der Waals surface area contributed by atoms with E-state index in [-0.39, 0.29) is 17.8 Å². The van der Waals surface area contributed by atoms with Gasteiger partial charge >= 0.3 is 5.97 Å². The van der Waals surface area contributed by atoms with Crippen LogP contribution in [0, 0.1) is 10.1 Å². The molecule has 106 valence electrons. The molecule has 0 saturated heterocycles. The van der Waals surface area contributed by atoms with Crippen molar-refractivity contribution in [2.24, 2.45) is 0 Å². The van der Waals surface area contributed by atoms with E-state index in [2.05, 4.69) is 5.32 Å². The van der Waals surface area contributed by atoms with Gasteiger partial charge in [0.15, 0.2) is 5.78 Å². The number of rotatable bonds is 7. The second-order valence-corrected chi connectivity index (χ2v) is 4.48. The molecule has 1 rings (SSSR count). The van der Waals surface area contributed by atoms with Gasteiger partial charge in [0, 0.05) is 23.8 Å². The summed E-state index contributed by atoms with van der Waals surface area (Å²) in [5.74, 6) is -1.48. The number of ketones is 1. The predicted octanol–water partition coefficient (Wildman–Crippen LogP) is 1.66. The van der Waals surface area contributed by atoms with Crippen molar-refractivity contribution in [1.82, 2.24) is 5.32 Å². The molecule has 0 fully saturated rings. The molecule has 0 aliphatic heterocycles. The van der Waals surface area contributed by atoms with Crippen molar-refractivity contribution in [1.29, 1.82) is 0 Å². The Morgan fingerprint density at radius 3 is 2.75 bits per heavy atom. The summed E-state index contributed by atoms with van der Waals surface area (Å²) in [5, 5.41) is 22.1. The van der Waals surface area contributed by atoms with E-state index in [1.54, 1.807) is 6.26 Å². The normalized spacial score (nSPS) is 10.9. The van der Waals surface area contributed by atoms with Crippen LogP contribution in [0.5, 0.6) is 0 Å². The van der Waals surface area contributed by atoms with Gasteiger partial charge < -0.3 is 10.4 Å².